The van der Waals surface area contributed by atoms with Crippen LogP contribution in [0.1, 0.15) is 43.9 Å². The van der Waals surface area contributed by atoms with Crippen LogP contribution in [-0.2, 0) is 11.2 Å². The van der Waals surface area contributed by atoms with E-state index >= 15 is 0 Å². The molecule has 0 bridgehead atoms. The van der Waals surface area contributed by atoms with E-state index in [1.54, 1.807) is 13.0 Å². The highest BCUT2D eigenvalue weighted by Crippen LogP contribution is 2.29. The second-order valence-electron chi connectivity index (χ2n) is 5.77. The first-order valence-corrected chi connectivity index (χ1v) is 8.07. The van der Waals surface area contributed by atoms with Gasteiger partial charge in [0, 0.05) is 28.9 Å². The van der Waals surface area contributed by atoms with Crippen molar-refractivity contribution < 1.29 is 14.3 Å². The number of hydrogen-bond acceptors (Lipinski definition) is 3. The third kappa shape index (κ3) is 4.41. The Hall–Kier alpha value is -2.17. The lowest BCUT2D eigenvalue weighted by molar-refractivity contribution is -0.136. The van der Waals surface area contributed by atoms with Crippen molar-refractivity contribution in [3.8, 4) is 0 Å². The Morgan fingerprint density at radius 2 is 2.09 bits per heavy atom. The number of aliphatic carboxylic acids is 1. The first-order chi connectivity index (χ1) is 11.0. The van der Waals surface area contributed by atoms with E-state index in [9.17, 15) is 9.18 Å². The summed E-state index contributed by atoms with van der Waals surface area (Å²) in [5.41, 5.74) is 2.67. The third-order valence-electron chi connectivity index (χ3n) is 3.91. The van der Waals surface area contributed by atoms with Gasteiger partial charge >= 0.3 is 5.97 Å². The number of unbranched alkanes of at least 4 members (excludes halogenated alkanes) is 3. The summed E-state index contributed by atoms with van der Waals surface area (Å²) in [5.74, 6) is -1.27. The Balaban J connectivity index is 2.38. The number of rotatable bonds is 8. The molecule has 0 radical (unpaired) electrons. The summed E-state index contributed by atoms with van der Waals surface area (Å²) in [5, 5.41) is 13.1. The second-order valence-corrected chi connectivity index (χ2v) is 5.77. The van der Waals surface area contributed by atoms with Crippen LogP contribution in [0, 0.1) is 12.7 Å². The minimum Gasteiger partial charge on any atom is -0.481 e. The molecule has 0 unspecified atom stereocenters. The van der Waals surface area contributed by atoms with Gasteiger partial charge in [0.25, 0.3) is 0 Å². The van der Waals surface area contributed by atoms with E-state index in [1.165, 1.54) is 18.6 Å². The Morgan fingerprint density at radius 1 is 1.30 bits per heavy atom. The number of carboxylic acid groups (broad SMARTS) is 1. The zero-order valence-corrected chi connectivity index (χ0v) is 13.7. The van der Waals surface area contributed by atoms with Gasteiger partial charge in [-0.2, -0.15) is 0 Å². The number of anilines is 1. The summed E-state index contributed by atoms with van der Waals surface area (Å²) in [7, 11) is 0. The first-order valence-electron chi connectivity index (χ1n) is 8.07. The molecule has 5 heteroatoms. The summed E-state index contributed by atoms with van der Waals surface area (Å²) in [6.45, 7) is 4.69. The summed E-state index contributed by atoms with van der Waals surface area (Å²) in [4.78, 5) is 15.6. The fraction of sp³-hybridized carbons (Fsp3) is 0.444. The van der Waals surface area contributed by atoms with E-state index in [1.807, 2.05) is 0 Å². The van der Waals surface area contributed by atoms with Crippen molar-refractivity contribution in [1.82, 2.24) is 4.98 Å². The highest BCUT2D eigenvalue weighted by atomic mass is 19.1. The van der Waals surface area contributed by atoms with Gasteiger partial charge < -0.3 is 10.4 Å². The molecule has 2 rings (SSSR count). The van der Waals surface area contributed by atoms with Gasteiger partial charge in [-0.25, -0.2) is 4.39 Å². The van der Waals surface area contributed by atoms with Crippen LogP contribution >= 0.6 is 0 Å². The average Bonchev–Trinajstić information content (AvgIpc) is 2.50. The van der Waals surface area contributed by atoms with Crippen LogP contribution in [-0.4, -0.2) is 22.6 Å². The average molecular weight is 318 g/mol. The fourth-order valence-electron chi connectivity index (χ4n) is 2.73. The maximum absolute atomic E-state index is 13.6. The van der Waals surface area contributed by atoms with Crippen molar-refractivity contribution in [3.63, 3.8) is 0 Å². The maximum Gasteiger partial charge on any atom is 0.307 e. The van der Waals surface area contributed by atoms with E-state index in [0.717, 1.165) is 25.8 Å². The molecule has 4 nitrogen and oxygen atoms in total. The molecule has 1 aromatic carbocycles. The number of nitrogens with one attached hydrogen (secondary N) is 1. The summed E-state index contributed by atoms with van der Waals surface area (Å²) < 4.78 is 13.6. The van der Waals surface area contributed by atoms with Gasteiger partial charge in [-0.15, -0.1) is 0 Å². The van der Waals surface area contributed by atoms with Gasteiger partial charge in [-0.1, -0.05) is 26.2 Å². The zero-order valence-electron chi connectivity index (χ0n) is 13.7. The smallest absolute Gasteiger partial charge is 0.307 e. The lowest BCUT2D eigenvalue weighted by Crippen LogP contribution is -2.11. The van der Waals surface area contributed by atoms with Gasteiger partial charge in [0.1, 0.15) is 5.82 Å². The predicted octanol–water partition coefficient (Wildman–Crippen LogP) is 4.30. The molecule has 0 spiro atoms. The number of pyridine rings is 1. The van der Waals surface area contributed by atoms with Crippen LogP contribution in [0.15, 0.2) is 18.2 Å². The molecule has 0 aliphatic carbocycles. The van der Waals surface area contributed by atoms with Crippen molar-refractivity contribution in [2.45, 2.75) is 46.0 Å². The van der Waals surface area contributed by atoms with Gasteiger partial charge in [-0.3, -0.25) is 9.78 Å². The van der Waals surface area contributed by atoms with E-state index in [0.29, 0.717) is 27.8 Å². The van der Waals surface area contributed by atoms with E-state index in [2.05, 4.69) is 17.2 Å². The number of aromatic nitrogens is 1. The molecular weight excluding hydrogens is 295 g/mol. The van der Waals surface area contributed by atoms with Crippen molar-refractivity contribution in [1.29, 1.82) is 0 Å². The van der Waals surface area contributed by atoms with Crippen molar-refractivity contribution in [2.75, 3.05) is 11.9 Å². The SMILES string of the molecule is CCCCCCNc1c(CC(=O)O)c(C)nc2ccc(F)cc12. The van der Waals surface area contributed by atoms with E-state index < -0.39 is 5.97 Å². The number of carbonyl (C=O) groups is 1. The van der Waals surface area contributed by atoms with Crippen LogP contribution in [0.5, 0.6) is 0 Å². The Morgan fingerprint density at radius 3 is 2.78 bits per heavy atom. The molecule has 2 N–H and O–H groups in total. The fourth-order valence-corrected chi connectivity index (χ4v) is 2.73. The van der Waals surface area contributed by atoms with Crippen molar-refractivity contribution in [3.05, 3.63) is 35.3 Å². The monoisotopic (exact) mass is 318 g/mol. The van der Waals surface area contributed by atoms with Crippen molar-refractivity contribution >= 4 is 22.6 Å². The third-order valence-corrected chi connectivity index (χ3v) is 3.91. The van der Waals surface area contributed by atoms with E-state index in [4.69, 9.17) is 5.11 Å². The number of nitrogens with zero attached hydrogens (tertiary/aromatic N) is 1. The molecule has 0 saturated carbocycles. The van der Waals surface area contributed by atoms with Crippen LogP contribution < -0.4 is 5.32 Å². The maximum atomic E-state index is 13.6. The van der Waals surface area contributed by atoms with Crippen LogP contribution in [0.25, 0.3) is 10.9 Å². The molecule has 0 aliphatic rings. The van der Waals surface area contributed by atoms with Crippen molar-refractivity contribution in [2.24, 2.45) is 0 Å². The highest BCUT2D eigenvalue weighted by Gasteiger charge is 2.15. The molecule has 2 aromatic rings. The quantitative estimate of drug-likeness (QED) is 0.712. The number of fused-ring (bicyclic) bond motifs is 1. The van der Waals surface area contributed by atoms with Crippen LogP contribution in [0.4, 0.5) is 10.1 Å². The molecule has 0 saturated heterocycles. The number of carboxylic acids is 1. The highest BCUT2D eigenvalue weighted by molar-refractivity contribution is 5.94. The lowest BCUT2D eigenvalue weighted by Gasteiger charge is -2.16. The Labute approximate surface area is 135 Å². The summed E-state index contributed by atoms with van der Waals surface area (Å²) >= 11 is 0. The molecule has 23 heavy (non-hydrogen) atoms. The number of benzene rings is 1. The minimum absolute atomic E-state index is 0.122. The number of halogens is 1. The molecule has 0 amide bonds. The first kappa shape index (κ1) is 17.2. The molecule has 0 aliphatic heterocycles. The standard InChI is InChI=1S/C18H23FN2O2/c1-3-4-5-6-9-20-18-14(11-17(22)23)12(2)21-16-8-7-13(19)10-15(16)18/h7-8,10H,3-6,9,11H2,1-2H3,(H,20,21)(H,22,23). The van der Waals surface area contributed by atoms with Gasteiger partial charge in [0.2, 0.25) is 0 Å². The normalized spacial score (nSPS) is 10.9. The predicted molar refractivity (Wildman–Crippen MR) is 90.4 cm³/mol. The molecule has 0 fully saturated rings. The minimum atomic E-state index is -0.917. The number of hydrogen-bond donors (Lipinski definition) is 2. The second kappa shape index (κ2) is 7.90. The molecule has 0 atom stereocenters. The molecule has 1 aromatic heterocycles. The Kier molecular flexibility index (Phi) is 5.90. The van der Waals surface area contributed by atoms with Gasteiger partial charge in [0.05, 0.1) is 11.9 Å². The summed E-state index contributed by atoms with van der Waals surface area (Å²) in [6.07, 6.45) is 4.33. The van der Waals surface area contributed by atoms with E-state index in [-0.39, 0.29) is 12.2 Å². The number of aryl methyl sites for hydroxylation is 1. The van der Waals surface area contributed by atoms with Crippen LogP contribution in [0.2, 0.25) is 0 Å². The largest absolute Gasteiger partial charge is 0.481 e. The Bertz CT molecular complexity index is 701. The molecular formula is C18H23FN2O2. The topological polar surface area (TPSA) is 62.2 Å². The van der Waals surface area contributed by atoms with Gasteiger partial charge in [-0.05, 0) is 31.5 Å². The molecule has 1 heterocycles. The van der Waals surface area contributed by atoms with Crippen LogP contribution in [0.3, 0.4) is 0 Å². The molecule has 124 valence electrons. The van der Waals surface area contributed by atoms with Gasteiger partial charge in [0.15, 0.2) is 0 Å². The lowest BCUT2D eigenvalue weighted by atomic mass is 10.0. The zero-order chi connectivity index (χ0) is 16.8. The summed E-state index contributed by atoms with van der Waals surface area (Å²) in [6, 6.07) is 4.42.